The fraction of sp³-hybridized carbons (Fsp3) is 0.500. The van der Waals surface area contributed by atoms with Crippen molar-refractivity contribution in [3.63, 3.8) is 0 Å². The van der Waals surface area contributed by atoms with Crippen LogP contribution in [0.5, 0.6) is 0 Å². The Balaban J connectivity index is 2.23. The molecule has 0 spiro atoms. The summed E-state index contributed by atoms with van der Waals surface area (Å²) >= 11 is 0. The lowest BCUT2D eigenvalue weighted by molar-refractivity contribution is -0.0513. The molecular weight excluding hydrogens is 202 g/mol. The molecule has 0 unspecified atom stereocenters. The highest BCUT2D eigenvalue weighted by molar-refractivity contribution is 5.19. The van der Waals surface area contributed by atoms with Gasteiger partial charge in [-0.3, -0.25) is 4.98 Å². The van der Waals surface area contributed by atoms with Crippen LogP contribution >= 0.6 is 0 Å². The highest BCUT2D eigenvalue weighted by atomic mass is 19.1. The average Bonchev–Trinajstić information content (AvgIpc) is 2.15. The molecule has 1 aromatic heterocycles. The first-order chi connectivity index (χ1) is 7.17. The highest BCUT2D eigenvalue weighted by Crippen LogP contribution is 2.24. The zero-order valence-corrected chi connectivity index (χ0v) is 8.39. The molecule has 0 aromatic carbocycles. The molecule has 82 valence electrons. The van der Waals surface area contributed by atoms with Crippen molar-refractivity contribution in [1.29, 1.82) is 0 Å². The molecule has 3 nitrogen and oxygen atoms in total. The summed E-state index contributed by atoms with van der Waals surface area (Å²) in [7, 11) is 1.55. The Kier molecular flexibility index (Phi) is 2.67. The van der Waals surface area contributed by atoms with Crippen molar-refractivity contribution in [1.82, 2.24) is 10.3 Å². The first-order valence-corrected chi connectivity index (χ1v) is 4.71. The maximum Gasteiger partial charge on any atom is 0.147 e. The van der Waals surface area contributed by atoms with E-state index in [1.807, 2.05) is 0 Å². The molecule has 0 aliphatic carbocycles. The van der Waals surface area contributed by atoms with E-state index in [-0.39, 0.29) is 12.0 Å². The van der Waals surface area contributed by atoms with E-state index >= 15 is 0 Å². The van der Waals surface area contributed by atoms with Crippen LogP contribution in [0.2, 0.25) is 0 Å². The van der Waals surface area contributed by atoms with Gasteiger partial charge in [-0.25, -0.2) is 8.78 Å². The zero-order valence-electron chi connectivity index (χ0n) is 8.39. The Morgan fingerprint density at radius 3 is 2.40 bits per heavy atom. The number of pyridine rings is 1. The molecule has 5 heteroatoms. The number of methoxy groups -OCH3 is 1. The third-order valence-corrected chi connectivity index (χ3v) is 2.78. The third-order valence-electron chi connectivity index (χ3n) is 2.78. The molecule has 1 aliphatic heterocycles. The van der Waals surface area contributed by atoms with Crippen LogP contribution in [0.3, 0.4) is 0 Å². The molecule has 15 heavy (non-hydrogen) atoms. The summed E-state index contributed by atoms with van der Waals surface area (Å²) in [5.41, 5.74) is -0.420. The van der Waals surface area contributed by atoms with Crippen molar-refractivity contribution in [2.75, 3.05) is 20.2 Å². The van der Waals surface area contributed by atoms with Gasteiger partial charge in [-0.15, -0.1) is 0 Å². The molecule has 1 fully saturated rings. The van der Waals surface area contributed by atoms with Crippen LogP contribution in [-0.4, -0.2) is 30.8 Å². The van der Waals surface area contributed by atoms with Gasteiger partial charge < -0.3 is 10.1 Å². The predicted octanol–water partition coefficient (Wildman–Crippen LogP) is 0.891. The molecule has 0 saturated carbocycles. The fourth-order valence-corrected chi connectivity index (χ4v) is 1.67. The van der Waals surface area contributed by atoms with E-state index in [0.29, 0.717) is 13.1 Å². The smallest absolute Gasteiger partial charge is 0.147 e. The Morgan fingerprint density at radius 1 is 1.40 bits per heavy atom. The van der Waals surface area contributed by atoms with Crippen LogP contribution < -0.4 is 5.32 Å². The van der Waals surface area contributed by atoms with Gasteiger partial charge in [0.2, 0.25) is 0 Å². The van der Waals surface area contributed by atoms with Gasteiger partial charge in [0, 0.05) is 32.2 Å². The second-order valence-electron chi connectivity index (χ2n) is 3.75. The van der Waals surface area contributed by atoms with E-state index in [0.717, 1.165) is 12.4 Å². The van der Waals surface area contributed by atoms with Gasteiger partial charge in [0.05, 0.1) is 18.0 Å². The summed E-state index contributed by atoms with van der Waals surface area (Å²) in [6, 6.07) is 0. The molecule has 1 N–H and O–H groups in total. The fourth-order valence-electron chi connectivity index (χ4n) is 1.67. The average molecular weight is 214 g/mol. The summed E-state index contributed by atoms with van der Waals surface area (Å²) in [5, 5.41) is 3.03. The van der Waals surface area contributed by atoms with E-state index in [4.69, 9.17) is 4.74 Å². The summed E-state index contributed by atoms with van der Waals surface area (Å²) in [4.78, 5) is 3.44. The van der Waals surface area contributed by atoms with Crippen LogP contribution in [0.15, 0.2) is 12.4 Å². The molecule has 0 radical (unpaired) electrons. The Bertz CT molecular complexity index is 341. The van der Waals surface area contributed by atoms with E-state index in [2.05, 4.69) is 10.3 Å². The predicted molar refractivity (Wildman–Crippen MR) is 50.5 cm³/mol. The molecule has 2 rings (SSSR count). The first kappa shape index (κ1) is 10.4. The number of ether oxygens (including phenoxy) is 1. The Labute approximate surface area is 86.5 Å². The van der Waals surface area contributed by atoms with Crippen LogP contribution in [0.4, 0.5) is 8.78 Å². The van der Waals surface area contributed by atoms with Crippen molar-refractivity contribution < 1.29 is 13.5 Å². The second-order valence-corrected chi connectivity index (χ2v) is 3.75. The molecule has 0 amide bonds. The van der Waals surface area contributed by atoms with Crippen LogP contribution in [0.25, 0.3) is 0 Å². The van der Waals surface area contributed by atoms with Crippen molar-refractivity contribution in [3.05, 3.63) is 29.6 Å². The topological polar surface area (TPSA) is 34.1 Å². The van der Waals surface area contributed by atoms with Gasteiger partial charge in [0.15, 0.2) is 0 Å². The minimum Gasteiger partial charge on any atom is -0.375 e. The second kappa shape index (κ2) is 3.83. The number of hydrogen-bond acceptors (Lipinski definition) is 3. The number of aromatic nitrogens is 1. The van der Waals surface area contributed by atoms with Crippen molar-refractivity contribution >= 4 is 0 Å². The molecule has 0 atom stereocenters. The van der Waals surface area contributed by atoms with Crippen molar-refractivity contribution in [2.24, 2.45) is 0 Å². The number of nitrogens with one attached hydrogen (secondary N) is 1. The normalized spacial score (nSPS) is 18.6. The van der Waals surface area contributed by atoms with Crippen molar-refractivity contribution in [3.8, 4) is 0 Å². The monoisotopic (exact) mass is 214 g/mol. The van der Waals surface area contributed by atoms with Gasteiger partial charge in [-0.1, -0.05) is 0 Å². The number of rotatable bonds is 3. The summed E-state index contributed by atoms with van der Waals surface area (Å²) in [5.74, 6) is -1.23. The van der Waals surface area contributed by atoms with Crippen LogP contribution in [0, 0.1) is 11.6 Å². The highest BCUT2D eigenvalue weighted by Gasteiger charge is 2.38. The van der Waals surface area contributed by atoms with E-state index in [1.54, 1.807) is 7.11 Å². The lowest BCUT2D eigenvalue weighted by atomic mass is 9.89. The van der Waals surface area contributed by atoms with E-state index < -0.39 is 17.2 Å². The molecule has 1 aromatic rings. The SMILES string of the molecule is COC1(Cc2c(F)cncc2F)CNC1. The molecule has 2 heterocycles. The van der Waals surface area contributed by atoms with Crippen LogP contribution in [-0.2, 0) is 11.2 Å². The van der Waals surface area contributed by atoms with Gasteiger partial charge in [-0.05, 0) is 0 Å². The standard InChI is InChI=1S/C10H12F2N2O/c1-15-10(5-14-6-10)2-7-8(11)3-13-4-9(7)12/h3-4,14H,2,5-6H2,1H3. The number of halogens is 2. The van der Waals surface area contributed by atoms with Crippen LogP contribution in [0.1, 0.15) is 5.56 Å². The summed E-state index contributed by atoms with van der Waals surface area (Å²) < 4.78 is 31.9. The van der Waals surface area contributed by atoms with E-state index in [9.17, 15) is 8.78 Å². The maximum absolute atomic E-state index is 13.3. The Hall–Kier alpha value is -1.07. The molecule has 1 aliphatic rings. The summed E-state index contributed by atoms with van der Waals surface area (Å²) in [6.07, 6.45) is 2.28. The lowest BCUT2D eigenvalue weighted by Crippen LogP contribution is -2.62. The van der Waals surface area contributed by atoms with Gasteiger partial charge in [0.25, 0.3) is 0 Å². The third kappa shape index (κ3) is 1.85. The Morgan fingerprint density at radius 2 is 2.00 bits per heavy atom. The molecule has 1 saturated heterocycles. The minimum absolute atomic E-state index is 0.0494. The quantitative estimate of drug-likeness (QED) is 0.811. The van der Waals surface area contributed by atoms with Gasteiger partial charge >= 0.3 is 0 Å². The number of nitrogens with zero attached hydrogens (tertiary/aromatic N) is 1. The largest absolute Gasteiger partial charge is 0.375 e. The van der Waals surface area contributed by atoms with Gasteiger partial charge in [-0.2, -0.15) is 0 Å². The van der Waals surface area contributed by atoms with Gasteiger partial charge in [0.1, 0.15) is 11.6 Å². The van der Waals surface area contributed by atoms with Crippen molar-refractivity contribution in [2.45, 2.75) is 12.0 Å². The summed E-state index contributed by atoms with van der Waals surface area (Å²) in [6.45, 7) is 1.23. The van der Waals surface area contributed by atoms with E-state index in [1.165, 1.54) is 0 Å². The zero-order chi connectivity index (χ0) is 10.9. The molecule has 0 bridgehead atoms. The lowest BCUT2D eigenvalue weighted by Gasteiger charge is -2.41. The minimum atomic E-state index is -0.613. The first-order valence-electron chi connectivity index (χ1n) is 4.71. The number of hydrogen-bond donors (Lipinski definition) is 1. The molecular formula is C10H12F2N2O. The maximum atomic E-state index is 13.3.